The highest BCUT2D eigenvalue weighted by Gasteiger charge is 1.97. The predicted molar refractivity (Wildman–Crippen MR) is 104 cm³/mol. The van der Waals surface area contributed by atoms with Gasteiger partial charge < -0.3 is 10.4 Å². The average molecular weight is 359 g/mol. The molecule has 3 aromatic rings. The van der Waals surface area contributed by atoms with Crippen molar-refractivity contribution in [3.05, 3.63) is 72.8 Å². The van der Waals surface area contributed by atoms with Gasteiger partial charge in [-0.25, -0.2) is 0 Å². The van der Waals surface area contributed by atoms with Gasteiger partial charge in [0.05, 0.1) is 22.7 Å². The molecule has 7 nitrogen and oxygen atoms in total. The lowest BCUT2D eigenvalue weighted by Gasteiger charge is -2.01. The first-order valence-electron chi connectivity index (χ1n) is 8.19. The van der Waals surface area contributed by atoms with Gasteiger partial charge in [0.15, 0.2) is 0 Å². The molecule has 27 heavy (non-hydrogen) atoms. The fraction of sp³-hybridized carbons (Fsp3) is 0.0500. The number of phenols is 1. The molecule has 0 bridgehead atoms. The molecule has 0 unspecified atom stereocenters. The Hall–Kier alpha value is -3.87. The topological polar surface area (TPSA) is 98.8 Å². The molecule has 0 saturated carbocycles. The normalized spacial score (nSPS) is 11.1. The number of azo groups is 2. The largest absolute Gasteiger partial charge is 0.508 e. The first kappa shape index (κ1) is 17.9. The minimum Gasteiger partial charge on any atom is -0.508 e. The van der Waals surface area contributed by atoms with Crippen molar-refractivity contribution >= 4 is 34.3 Å². The molecule has 3 rings (SSSR count). The number of phenolic OH excluding ortho intramolecular Hbond substituents is 1. The van der Waals surface area contributed by atoms with Crippen molar-refractivity contribution in [2.75, 3.05) is 5.32 Å². The van der Waals surface area contributed by atoms with E-state index in [4.69, 9.17) is 0 Å². The SMILES string of the molecule is CC(=O)Nc1ccc(N=Nc2ccc(N=Nc3ccc(O)cc3)cc2)cc1. The van der Waals surface area contributed by atoms with Crippen molar-refractivity contribution in [1.29, 1.82) is 0 Å². The summed E-state index contributed by atoms with van der Waals surface area (Å²) in [4.78, 5) is 11.0. The fourth-order valence-corrected chi connectivity index (χ4v) is 2.15. The highest BCUT2D eigenvalue weighted by molar-refractivity contribution is 5.88. The van der Waals surface area contributed by atoms with Crippen LogP contribution in [0.3, 0.4) is 0 Å². The number of hydrogen-bond acceptors (Lipinski definition) is 6. The molecule has 3 aromatic carbocycles. The summed E-state index contributed by atoms with van der Waals surface area (Å²) in [6, 6.07) is 20.7. The molecule has 0 aliphatic heterocycles. The van der Waals surface area contributed by atoms with Crippen molar-refractivity contribution in [3.8, 4) is 5.75 Å². The van der Waals surface area contributed by atoms with Crippen LogP contribution in [0.4, 0.5) is 28.4 Å². The Bertz CT molecular complexity index is 963. The van der Waals surface area contributed by atoms with E-state index in [1.807, 2.05) is 0 Å². The highest BCUT2D eigenvalue weighted by Crippen LogP contribution is 2.24. The number of benzene rings is 3. The molecule has 0 aliphatic rings. The summed E-state index contributed by atoms with van der Waals surface area (Å²) in [6.45, 7) is 1.46. The van der Waals surface area contributed by atoms with Crippen molar-refractivity contribution in [3.63, 3.8) is 0 Å². The number of nitrogens with one attached hydrogen (secondary N) is 1. The van der Waals surface area contributed by atoms with E-state index in [0.29, 0.717) is 28.4 Å². The van der Waals surface area contributed by atoms with Crippen LogP contribution < -0.4 is 5.32 Å². The Morgan fingerprint density at radius 3 is 1.37 bits per heavy atom. The summed E-state index contributed by atoms with van der Waals surface area (Å²) in [7, 11) is 0. The van der Waals surface area contributed by atoms with Gasteiger partial charge in [-0.05, 0) is 72.8 Å². The molecule has 0 aromatic heterocycles. The molecular weight excluding hydrogens is 342 g/mol. The number of nitrogens with zero attached hydrogens (tertiary/aromatic N) is 4. The summed E-state index contributed by atoms with van der Waals surface area (Å²) >= 11 is 0. The summed E-state index contributed by atoms with van der Waals surface area (Å²) < 4.78 is 0. The zero-order chi connectivity index (χ0) is 19.1. The van der Waals surface area contributed by atoms with Crippen LogP contribution in [0, 0.1) is 0 Å². The van der Waals surface area contributed by atoms with Gasteiger partial charge in [-0.1, -0.05) is 0 Å². The molecule has 0 atom stereocenters. The van der Waals surface area contributed by atoms with Gasteiger partial charge in [-0.15, -0.1) is 0 Å². The van der Waals surface area contributed by atoms with E-state index in [-0.39, 0.29) is 11.7 Å². The lowest BCUT2D eigenvalue weighted by atomic mass is 10.3. The van der Waals surface area contributed by atoms with E-state index in [1.54, 1.807) is 72.8 Å². The summed E-state index contributed by atoms with van der Waals surface area (Å²) in [5, 5.41) is 28.5. The minimum atomic E-state index is -0.118. The molecule has 2 N–H and O–H groups in total. The quantitative estimate of drug-likeness (QED) is 0.531. The molecule has 0 aliphatic carbocycles. The molecule has 134 valence electrons. The maximum absolute atomic E-state index is 11.0. The van der Waals surface area contributed by atoms with Crippen molar-refractivity contribution < 1.29 is 9.90 Å². The smallest absolute Gasteiger partial charge is 0.221 e. The lowest BCUT2D eigenvalue weighted by Crippen LogP contribution is -2.04. The van der Waals surface area contributed by atoms with E-state index >= 15 is 0 Å². The van der Waals surface area contributed by atoms with Crippen LogP contribution in [-0.4, -0.2) is 11.0 Å². The Morgan fingerprint density at radius 2 is 1.00 bits per heavy atom. The highest BCUT2D eigenvalue weighted by atomic mass is 16.3. The van der Waals surface area contributed by atoms with Gasteiger partial charge in [-0.3, -0.25) is 4.79 Å². The van der Waals surface area contributed by atoms with Gasteiger partial charge in [0.2, 0.25) is 5.91 Å². The molecule has 0 heterocycles. The van der Waals surface area contributed by atoms with Crippen LogP contribution in [0.2, 0.25) is 0 Å². The van der Waals surface area contributed by atoms with Crippen LogP contribution in [0.25, 0.3) is 0 Å². The van der Waals surface area contributed by atoms with Gasteiger partial charge in [-0.2, -0.15) is 20.5 Å². The molecule has 0 spiro atoms. The summed E-state index contributed by atoms with van der Waals surface area (Å²) in [6.07, 6.45) is 0. The molecule has 7 heteroatoms. The van der Waals surface area contributed by atoms with E-state index < -0.39 is 0 Å². The third kappa shape index (κ3) is 5.57. The second kappa shape index (κ2) is 8.48. The van der Waals surface area contributed by atoms with Gasteiger partial charge in [0.25, 0.3) is 0 Å². The van der Waals surface area contributed by atoms with E-state index in [1.165, 1.54) is 6.92 Å². The number of aromatic hydroxyl groups is 1. The monoisotopic (exact) mass is 359 g/mol. The maximum Gasteiger partial charge on any atom is 0.221 e. The number of rotatable bonds is 5. The molecule has 1 amide bonds. The third-order valence-corrected chi connectivity index (χ3v) is 3.45. The number of anilines is 1. The van der Waals surface area contributed by atoms with E-state index in [9.17, 15) is 9.90 Å². The number of amides is 1. The third-order valence-electron chi connectivity index (χ3n) is 3.45. The van der Waals surface area contributed by atoms with E-state index in [0.717, 1.165) is 0 Å². The molecule has 0 saturated heterocycles. The minimum absolute atomic E-state index is 0.118. The van der Waals surface area contributed by atoms with Crippen LogP contribution in [0.15, 0.2) is 93.3 Å². The van der Waals surface area contributed by atoms with Crippen LogP contribution in [-0.2, 0) is 4.79 Å². The molecular formula is C20H17N5O2. The first-order chi connectivity index (χ1) is 13.1. The Labute approximate surface area is 156 Å². The van der Waals surface area contributed by atoms with Crippen LogP contribution in [0.1, 0.15) is 6.92 Å². The van der Waals surface area contributed by atoms with Crippen LogP contribution >= 0.6 is 0 Å². The Balaban J connectivity index is 1.62. The van der Waals surface area contributed by atoms with Gasteiger partial charge >= 0.3 is 0 Å². The summed E-state index contributed by atoms with van der Waals surface area (Å²) in [5.41, 5.74) is 3.41. The second-order valence-corrected chi connectivity index (χ2v) is 5.66. The zero-order valence-electron chi connectivity index (χ0n) is 14.6. The summed E-state index contributed by atoms with van der Waals surface area (Å²) in [5.74, 6) is 0.0699. The van der Waals surface area contributed by atoms with Gasteiger partial charge in [0.1, 0.15) is 5.75 Å². The number of hydrogen-bond donors (Lipinski definition) is 2. The number of carbonyl (C=O) groups excluding carboxylic acids is 1. The molecule has 0 radical (unpaired) electrons. The number of carbonyl (C=O) groups is 1. The Kier molecular flexibility index (Phi) is 5.64. The fourth-order valence-electron chi connectivity index (χ4n) is 2.15. The van der Waals surface area contributed by atoms with E-state index in [2.05, 4.69) is 25.8 Å². The van der Waals surface area contributed by atoms with Gasteiger partial charge in [0, 0.05) is 12.6 Å². The lowest BCUT2D eigenvalue weighted by molar-refractivity contribution is -0.114. The first-order valence-corrected chi connectivity index (χ1v) is 8.19. The standard InChI is InChI=1S/C20H17N5O2/c1-14(26)21-15-2-4-16(5-3-15)22-23-17-6-8-18(9-7-17)24-25-19-10-12-20(27)13-11-19/h2-13,27H,1H3,(H,21,26). The Morgan fingerprint density at radius 1 is 0.667 bits per heavy atom. The van der Waals surface area contributed by atoms with Crippen LogP contribution in [0.5, 0.6) is 5.75 Å². The van der Waals surface area contributed by atoms with Crippen molar-refractivity contribution in [2.45, 2.75) is 6.92 Å². The van der Waals surface area contributed by atoms with Crippen molar-refractivity contribution in [2.24, 2.45) is 20.5 Å². The maximum atomic E-state index is 11.0. The zero-order valence-corrected chi connectivity index (χ0v) is 14.6. The molecule has 0 fully saturated rings. The predicted octanol–water partition coefficient (Wildman–Crippen LogP) is 6.18. The second-order valence-electron chi connectivity index (χ2n) is 5.66. The van der Waals surface area contributed by atoms with Crippen molar-refractivity contribution in [1.82, 2.24) is 0 Å². The average Bonchev–Trinajstić information content (AvgIpc) is 2.67.